The number of carbonyl (C=O) groups excluding carboxylic acids is 1. The van der Waals surface area contributed by atoms with Crippen molar-refractivity contribution in [3.05, 3.63) is 42.0 Å². The van der Waals surface area contributed by atoms with Gasteiger partial charge in [0, 0.05) is 4.90 Å². The van der Waals surface area contributed by atoms with Crippen molar-refractivity contribution >= 4 is 44.4 Å². The maximum atomic E-state index is 12.6. The van der Waals surface area contributed by atoms with Gasteiger partial charge in [0.05, 0.1) is 30.0 Å². The standard InChI is InChI=1S/C17H16N2O3S2/c1-21-11-7-4-6-10(15(11)22-2)16(20)19-17-18-14-12(23-3)8-5-9-13(14)24-17/h4-9H,1-3H3,(H,18,19,20). The summed E-state index contributed by atoms with van der Waals surface area (Å²) in [5, 5.41) is 3.41. The van der Waals surface area contributed by atoms with Crippen LogP contribution in [0.4, 0.5) is 5.13 Å². The molecule has 1 aromatic heterocycles. The first-order valence-corrected chi connectivity index (χ1v) is 9.18. The monoisotopic (exact) mass is 360 g/mol. The molecule has 0 spiro atoms. The number of fused-ring (bicyclic) bond motifs is 1. The molecule has 1 N–H and O–H groups in total. The first-order chi connectivity index (χ1) is 11.7. The number of aromatic nitrogens is 1. The largest absolute Gasteiger partial charge is 0.493 e. The summed E-state index contributed by atoms with van der Waals surface area (Å²) in [6.45, 7) is 0. The molecule has 0 atom stereocenters. The van der Waals surface area contributed by atoms with E-state index in [1.807, 2.05) is 24.5 Å². The number of thiazole rings is 1. The van der Waals surface area contributed by atoms with Crippen LogP contribution in [-0.4, -0.2) is 31.4 Å². The topological polar surface area (TPSA) is 60.5 Å². The van der Waals surface area contributed by atoms with Crippen LogP contribution in [0, 0.1) is 0 Å². The fraction of sp³-hybridized carbons (Fsp3) is 0.176. The quantitative estimate of drug-likeness (QED) is 0.688. The number of nitrogens with one attached hydrogen (secondary N) is 1. The minimum atomic E-state index is -0.282. The lowest BCUT2D eigenvalue weighted by Crippen LogP contribution is -2.13. The van der Waals surface area contributed by atoms with E-state index in [1.54, 1.807) is 30.0 Å². The number of benzene rings is 2. The van der Waals surface area contributed by atoms with E-state index < -0.39 is 0 Å². The third-order valence-corrected chi connectivity index (χ3v) is 5.18. The van der Waals surface area contributed by atoms with Gasteiger partial charge in [0.15, 0.2) is 16.6 Å². The van der Waals surface area contributed by atoms with E-state index in [0.717, 1.165) is 15.1 Å². The SMILES string of the molecule is COc1cccc(C(=O)Nc2nc3c(SC)cccc3s2)c1OC. The minimum absolute atomic E-state index is 0.282. The molecule has 0 bridgehead atoms. The maximum Gasteiger partial charge on any atom is 0.261 e. The summed E-state index contributed by atoms with van der Waals surface area (Å²) in [5.74, 6) is 0.637. The number of para-hydroxylation sites is 2. The van der Waals surface area contributed by atoms with Gasteiger partial charge >= 0.3 is 0 Å². The molecule has 0 aliphatic heterocycles. The number of anilines is 1. The predicted molar refractivity (Wildman–Crippen MR) is 98.9 cm³/mol. The average Bonchev–Trinajstić information content (AvgIpc) is 3.02. The zero-order chi connectivity index (χ0) is 17.1. The van der Waals surface area contributed by atoms with Gasteiger partial charge in [-0.3, -0.25) is 10.1 Å². The Balaban J connectivity index is 1.93. The van der Waals surface area contributed by atoms with Crippen LogP contribution >= 0.6 is 23.1 Å². The number of ether oxygens (including phenoxy) is 2. The Morgan fingerprint density at radius 2 is 1.96 bits per heavy atom. The number of methoxy groups -OCH3 is 2. The molecule has 5 nitrogen and oxygen atoms in total. The third-order valence-electron chi connectivity index (χ3n) is 3.47. The average molecular weight is 360 g/mol. The number of carbonyl (C=O) groups is 1. The summed E-state index contributed by atoms with van der Waals surface area (Å²) in [7, 11) is 3.05. The number of thioether (sulfide) groups is 1. The summed E-state index contributed by atoms with van der Waals surface area (Å²) < 4.78 is 11.6. The second kappa shape index (κ2) is 7.11. The molecule has 1 heterocycles. The third kappa shape index (κ3) is 3.05. The van der Waals surface area contributed by atoms with E-state index in [1.165, 1.54) is 25.6 Å². The van der Waals surface area contributed by atoms with Gasteiger partial charge in [-0.15, -0.1) is 11.8 Å². The highest BCUT2D eigenvalue weighted by atomic mass is 32.2. The molecular weight excluding hydrogens is 344 g/mol. The smallest absolute Gasteiger partial charge is 0.261 e. The fourth-order valence-electron chi connectivity index (χ4n) is 2.37. The van der Waals surface area contributed by atoms with Crippen molar-refractivity contribution in [2.75, 3.05) is 25.8 Å². The summed E-state index contributed by atoms with van der Waals surface area (Å²) in [4.78, 5) is 18.2. The molecule has 0 unspecified atom stereocenters. The van der Waals surface area contributed by atoms with E-state index in [4.69, 9.17) is 9.47 Å². The maximum absolute atomic E-state index is 12.6. The second-order valence-electron chi connectivity index (χ2n) is 4.82. The summed E-state index contributed by atoms with van der Waals surface area (Å²) in [6, 6.07) is 11.2. The van der Waals surface area contributed by atoms with E-state index in [-0.39, 0.29) is 5.91 Å². The van der Waals surface area contributed by atoms with Crippen molar-refractivity contribution in [1.82, 2.24) is 4.98 Å². The van der Waals surface area contributed by atoms with E-state index in [2.05, 4.69) is 10.3 Å². The van der Waals surface area contributed by atoms with Gasteiger partial charge in [-0.1, -0.05) is 23.5 Å². The van der Waals surface area contributed by atoms with Gasteiger partial charge in [0.2, 0.25) is 0 Å². The Morgan fingerprint density at radius 3 is 2.67 bits per heavy atom. The normalized spacial score (nSPS) is 10.6. The van der Waals surface area contributed by atoms with Gasteiger partial charge in [-0.25, -0.2) is 4.98 Å². The van der Waals surface area contributed by atoms with Crippen LogP contribution in [-0.2, 0) is 0 Å². The molecule has 0 fully saturated rings. The predicted octanol–water partition coefficient (Wildman–Crippen LogP) is 4.29. The minimum Gasteiger partial charge on any atom is -0.493 e. The number of rotatable bonds is 5. The Kier molecular flexibility index (Phi) is 4.92. The Labute approximate surface area is 148 Å². The molecule has 124 valence electrons. The highest BCUT2D eigenvalue weighted by molar-refractivity contribution is 7.98. The Hall–Kier alpha value is -2.25. The first kappa shape index (κ1) is 16.6. The summed E-state index contributed by atoms with van der Waals surface area (Å²) >= 11 is 3.08. The molecular formula is C17H16N2O3S2. The molecule has 2 aromatic carbocycles. The van der Waals surface area contributed by atoms with Crippen LogP contribution < -0.4 is 14.8 Å². The van der Waals surface area contributed by atoms with Crippen molar-refractivity contribution in [1.29, 1.82) is 0 Å². The number of hydrogen-bond acceptors (Lipinski definition) is 6. The van der Waals surface area contributed by atoms with Crippen LogP contribution in [0.5, 0.6) is 11.5 Å². The lowest BCUT2D eigenvalue weighted by molar-refractivity contribution is 0.102. The second-order valence-corrected chi connectivity index (χ2v) is 6.70. The molecule has 0 aliphatic carbocycles. The van der Waals surface area contributed by atoms with Crippen molar-refractivity contribution in [2.24, 2.45) is 0 Å². The number of nitrogens with zero attached hydrogens (tertiary/aromatic N) is 1. The van der Waals surface area contributed by atoms with E-state index >= 15 is 0 Å². The molecule has 0 aliphatic rings. The molecule has 24 heavy (non-hydrogen) atoms. The lowest BCUT2D eigenvalue weighted by atomic mass is 10.1. The zero-order valence-corrected chi connectivity index (χ0v) is 15.1. The molecule has 7 heteroatoms. The lowest BCUT2D eigenvalue weighted by Gasteiger charge is -2.11. The van der Waals surface area contributed by atoms with Crippen molar-refractivity contribution in [3.8, 4) is 11.5 Å². The zero-order valence-electron chi connectivity index (χ0n) is 13.5. The molecule has 0 saturated carbocycles. The van der Waals surface area contributed by atoms with Crippen LogP contribution in [0.1, 0.15) is 10.4 Å². The van der Waals surface area contributed by atoms with Gasteiger partial charge in [0.25, 0.3) is 5.91 Å². The molecule has 0 radical (unpaired) electrons. The molecule has 0 saturated heterocycles. The van der Waals surface area contributed by atoms with Crippen molar-refractivity contribution in [2.45, 2.75) is 4.90 Å². The highest BCUT2D eigenvalue weighted by Crippen LogP contribution is 2.34. The Bertz CT molecular complexity index is 893. The fourth-order valence-corrected chi connectivity index (χ4v) is 3.89. The van der Waals surface area contributed by atoms with E-state index in [9.17, 15) is 4.79 Å². The summed E-state index contributed by atoms with van der Waals surface area (Å²) in [5.41, 5.74) is 1.31. The van der Waals surface area contributed by atoms with Gasteiger partial charge in [-0.05, 0) is 30.5 Å². The van der Waals surface area contributed by atoms with Crippen LogP contribution in [0.2, 0.25) is 0 Å². The van der Waals surface area contributed by atoms with Gasteiger partial charge in [0.1, 0.15) is 0 Å². The molecule has 3 rings (SSSR count). The highest BCUT2D eigenvalue weighted by Gasteiger charge is 2.18. The molecule has 3 aromatic rings. The van der Waals surface area contributed by atoms with Crippen LogP contribution in [0.25, 0.3) is 10.2 Å². The first-order valence-electron chi connectivity index (χ1n) is 7.13. The van der Waals surface area contributed by atoms with Crippen LogP contribution in [0.3, 0.4) is 0 Å². The van der Waals surface area contributed by atoms with Crippen LogP contribution in [0.15, 0.2) is 41.3 Å². The number of hydrogen-bond donors (Lipinski definition) is 1. The number of amides is 1. The summed E-state index contributed by atoms with van der Waals surface area (Å²) in [6.07, 6.45) is 2.01. The van der Waals surface area contributed by atoms with Gasteiger partial charge in [-0.2, -0.15) is 0 Å². The molecule has 1 amide bonds. The Morgan fingerprint density at radius 1 is 1.17 bits per heavy atom. The van der Waals surface area contributed by atoms with Gasteiger partial charge < -0.3 is 9.47 Å². The van der Waals surface area contributed by atoms with Crippen molar-refractivity contribution in [3.63, 3.8) is 0 Å². The van der Waals surface area contributed by atoms with E-state index in [0.29, 0.717) is 22.2 Å². The van der Waals surface area contributed by atoms with Crippen molar-refractivity contribution < 1.29 is 14.3 Å².